The Morgan fingerprint density at radius 1 is 1.56 bits per heavy atom. The van der Waals surface area contributed by atoms with Crippen molar-refractivity contribution in [2.45, 2.75) is 20.3 Å². The first-order valence-corrected chi connectivity index (χ1v) is 5.95. The highest BCUT2D eigenvalue weighted by atomic mass is 15.2. The van der Waals surface area contributed by atoms with Crippen molar-refractivity contribution in [1.29, 1.82) is 0 Å². The van der Waals surface area contributed by atoms with Gasteiger partial charge in [0.1, 0.15) is 0 Å². The SMILES string of the molecule is CNCC1(C)CCN(c2ccncc2C)C1. The maximum absolute atomic E-state index is 4.15. The predicted molar refractivity (Wildman–Crippen MR) is 67.8 cm³/mol. The average molecular weight is 219 g/mol. The fourth-order valence-electron chi connectivity index (χ4n) is 2.62. The lowest BCUT2D eigenvalue weighted by molar-refractivity contribution is 0.356. The molecule has 0 spiro atoms. The Kier molecular flexibility index (Phi) is 3.15. The number of pyridine rings is 1. The minimum atomic E-state index is 0.407. The Labute approximate surface area is 97.9 Å². The Morgan fingerprint density at radius 2 is 2.38 bits per heavy atom. The van der Waals surface area contributed by atoms with Gasteiger partial charge in [-0.25, -0.2) is 0 Å². The van der Waals surface area contributed by atoms with E-state index in [0.29, 0.717) is 5.41 Å². The van der Waals surface area contributed by atoms with Gasteiger partial charge in [-0.2, -0.15) is 0 Å². The van der Waals surface area contributed by atoms with Gasteiger partial charge in [0, 0.05) is 37.7 Å². The summed E-state index contributed by atoms with van der Waals surface area (Å²) in [6.45, 7) is 7.88. The number of hydrogen-bond acceptors (Lipinski definition) is 3. The van der Waals surface area contributed by atoms with Gasteiger partial charge in [-0.3, -0.25) is 4.98 Å². The first-order chi connectivity index (χ1) is 7.64. The lowest BCUT2D eigenvalue weighted by Crippen LogP contribution is -2.33. The van der Waals surface area contributed by atoms with Crippen molar-refractivity contribution < 1.29 is 0 Å². The van der Waals surface area contributed by atoms with Crippen LogP contribution in [0.2, 0.25) is 0 Å². The molecule has 3 heteroatoms. The van der Waals surface area contributed by atoms with Crippen LogP contribution >= 0.6 is 0 Å². The highest BCUT2D eigenvalue weighted by molar-refractivity contribution is 5.52. The van der Waals surface area contributed by atoms with Crippen LogP contribution in [-0.2, 0) is 0 Å². The van der Waals surface area contributed by atoms with Crippen molar-refractivity contribution >= 4 is 5.69 Å². The molecule has 88 valence electrons. The molecular weight excluding hydrogens is 198 g/mol. The number of aryl methyl sites for hydroxylation is 1. The number of rotatable bonds is 3. The van der Waals surface area contributed by atoms with Gasteiger partial charge in [-0.1, -0.05) is 6.92 Å². The third kappa shape index (κ3) is 2.19. The summed E-state index contributed by atoms with van der Waals surface area (Å²) < 4.78 is 0. The molecule has 1 N–H and O–H groups in total. The largest absolute Gasteiger partial charge is 0.371 e. The van der Waals surface area contributed by atoms with Crippen LogP contribution in [0.1, 0.15) is 18.9 Å². The molecule has 1 aliphatic heterocycles. The van der Waals surface area contributed by atoms with Crippen LogP contribution in [0.4, 0.5) is 5.69 Å². The number of aromatic nitrogens is 1. The molecule has 0 saturated carbocycles. The first kappa shape index (κ1) is 11.4. The lowest BCUT2D eigenvalue weighted by Gasteiger charge is -2.26. The summed E-state index contributed by atoms with van der Waals surface area (Å²) in [4.78, 5) is 6.63. The maximum Gasteiger partial charge on any atom is 0.0427 e. The normalized spacial score (nSPS) is 25.1. The maximum atomic E-state index is 4.15. The van der Waals surface area contributed by atoms with E-state index in [1.54, 1.807) is 0 Å². The highest BCUT2D eigenvalue weighted by Gasteiger charge is 2.33. The molecule has 1 atom stereocenters. The van der Waals surface area contributed by atoms with Gasteiger partial charge >= 0.3 is 0 Å². The van der Waals surface area contributed by atoms with Crippen molar-refractivity contribution in [3.8, 4) is 0 Å². The molecular formula is C13H21N3. The number of nitrogens with zero attached hydrogens (tertiary/aromatic N) is 2. The summed E-state index contributed by atoms with van der Waals surface area (Å²) in [6, 6.07) is 2.13. The van der Waals surface area contributed by atoms with Crippen LogP contribution in [0.5, 0.6) is 0 Å². The van der Waals surface area contributed by atoms with E-state index in [1.165, 1.54) is 17.7 Å². The molecule has 1 unspecified atom stereocenters. The van der Waals surface area contributed by atoms with Crippen LogP contribution < -0.4 is 10.2 Å². The Balaban J connectivity index is 2.12. The molecule has 2 heterocycles. The van der Waals surface area contributed by atoms with Gasteiger partial charge in [0.05, 0.1) is 0 Å². The van der Waals surface area contributed by atoms with Gasteiger partial charge < -0.3 is 10.2 Å². The highest BCUT2D eigenvalue weighted by Crippen LogP contribution is 2.33. The van der Waals surface area contributed by atoms with Gasteiger partial charge in [0.2, 0.25) is 0 Å². The molecule has 1 aliphatic rings. The van der Waals surface area contributed by atoms with Crippen molar-refractivity contribution in [2.75, 3.05) is 31.6 Å². The van der Waals surface area contributed by atoms with Crippen LogP contribution in [-0.4, -0.2) is 31.7 Å². The van der Waals surface area contributed by atoms with Crippen molar-refractivity contribution in [1.82, 2.24) is 10.3 Å². The van der Waals surface area contributed by atoms with E-state index < -0.39 is 0 Å². The van der Waals surface area contributed by atoms with E-state index in [-0.39, 0.29) is 0 Å². The summed E-state index contributed by atoms with van der Waals surface area (Å²) in [7, 11) is 2.03. The summed E-state index contributed by atoms with van der Waals surface area (Å²) >= 11 is 0. The summed E-state index contributed by atoms with van der Waals surface area (Å²) in [5.41, 5.74) is 3.02. The second-order valence-electron chi connectivity index (χ2n) is 5.17. The van der Waals surface area contributed by atoms with Crippen molar-refractivity contribution in [3.63, 3.8) is 0 Å². The zero-order valence-electron chi connectivity index (χ0n) is 10.5. The van der Waals surface area contributed by atoms with E-state index in [4.69, 9.17) is 0 Å². The topological polar surface area (TPSA) is 28.2 Å². The molecule has 0 radical (unpaired) electrons. The molecule has 1 aromatic heterocycles. The molecule has 0 amide bonds. The predicted octanol–water partition coefficient (Wildman–Crippen LogP) is 1.83. The summed E-state index contributed by atoms with van der Waals surface area (Å²) in [5.74, 6) is 0. The molecule has 16 heavy (non-hydrogen) atoms. The average Bonchev–Trinajstić information content (AvgIpc) is 2.62. The molecule has 1 saturated heterocycles. The Bertz CT molecular complexity index is 364. The molecule has 2 rings (SSSR count). The summed E-state index contributed by atoms with van der Waals surface area (Å²) in [5, 5.41) is 3.30. The van der Waals surface area contributed by atoms with E-state index in [0.717, 1.165) is 19.6 Å². The molecule has 1 aromatic rings. The first-order valence-electron chi connectivity index (χ1n) is 5.95. The third-order valence-electron chi connectivity index (χ3n) is 3.49. The molecule has 0 bridgehead atoms. The second-order valence-corrected chi connectivity index (χ2v) is 5.17. The van der Waals surface area contributed by atoms with Gasteiger partial charge in [0.15, 0.2) is 0 Å². The van der Waals surface area contributed by atoms with E-state index >= 15 is 0 Å². The van der Waals surface area contributed by atoms with E-state index in [2.05, 4.69) is 35.1 Å². The van der Waals surface area contributed by atoms with Crippen molar-refractivity contribution in [3.05, 3.63) is 24.0 Å². The smallest absolute Gasteiger partial charge is 0.0427 e. The zero-order valence-corrected chi connectivity index (χ0v) is 10.5. The lowest BCUT2D eigenvalue weighted by atomic mass is 9.90. The minimum Gasteiger partial charge on any atom is -0.371 e. The van der Waals surface area contributed by atoms with E-state index in [1.807, 2.05) is 19.4 Å². The zero-order chi connectivity index (χ0) is 11.6. The van der Waals surface area contributed by atoms with E-state index in [9.17, 15) is 0 Å². The fraction of sp³-hybridized carbons (Fsp3) is 0.615. The van der Waals surface area contributed by atoms with Crippen LogP contribution in [0, 0.1) is 12.3 Å². The molecule has 3 nitrogen and oxygen atoms in total. The second kappa shape index (κ2) is 4.42. The standard InChI is InChI=1S/C13H21N3/c1-11-8-15-6-4-12(11)16-7-5-13(2,10-16)9-14-3/h4,6,8,14H,5,7,9-10H2,1-3H3. The quantitative estimate of drug-likeness (QED) is 0.840. The van der Waals surface area contributed by atoms with Gasteiger partial charge in [0.25, 0.3) is 0 Å². The molecule has 0 aliphatic carbocycles. The number of hydrogen-bond donors (Lipinski definition) is 1. The number of anilines is 1. The third-order valence-corrected chi connectivity index (χ3v) is 3.49. The van der Waals surface area contributed by atoms with Crippen LogP contribution in [0.15, 0.2) is 18.5 Å². The monoisotopic (exact) mass is 219 g/mol. The van der Waals surface area contributed by atoms with Crippen LogP contribution in [0.25, 0.3) is 0 Å². The van der Waals surface area contributed by atoms with Gasteiger partial charge in [-0.05, 0) is 37.4 Å². The van der Waals surface area contributed by atoms with Crippen LogP contribution in [0.3, 0.4) is 0 Å². The number of nitrogens with one attached hydrogen (secondary N) is 1. The van der Waals surface area contributed by atoms with Crippen molar-refractivity contribution in [2.24, 2.45) is 5.41 Å². The molecule has 1 fully saturated rings. The Morgan fingerprint density at radius 3 is 3.06 bits per heavy atom. The Hall–Kier alpha value is -1.09. The fourth-order valence-corrected chi connectivity index (χ4v) is 2.62. The molecule has 0 aromatic carbocycles. The summed E-state index contributed by atoms with van der Waals surface area (Å²) in [6.07, 6.45) is 5.09. The van der Waals surface area contributed by atoms with Gasteiger partial charge in [-0.15, -0.1) is 0 Å². The minimum absolute atomic E-state index is 0.407.